The second kappa shape index (κ2) is 10.1. The first-order valence-electron chi connectivity index (χ1n) is 10.5. The fourth-order valence-electron chi connectivity index (χ4n) is 3.64. The van der Waals surface area contributed by atoms with Gasteiger partial charge in [0.2, 0.25) is 0 Å². The highest BCUT2D eigenvalue weighted by atomic mass is 32.1. The van der Waals surface area contributed by atoms with Crippen LogP contribution in [0.5, 0.6) is 11.5 Å². The van der Waals surface area contributed by atoms with Crippen LogP contribution in [-0.4, -0.2) is 18.1 Å². The van der Waals surface area contributed by atoms with Crippen molar-refractivity contribution >= 4 is 28.9 Å². The number of hydrogen-bond donors (Lipinski definition) is 3. The normalized spacial score (nSPS) is 15.3. The molecule has 7 nitrogen and oxygen atoms in total. The van der Waals surface area contributed by atoms with Crippen molar-refractivity contribution in [3.8, 4) is 11.5 Å². The molecule has 1 unspecified atom stereocenters. The van der Waals surface area contributed by atoms with E-state index in [1.165, 1.54) is 0 Å². The molecule has 1 aromatic heterocycles. The van der Waals surface area contributed by atoms with E-state index in [1.807, 2.05) is 67.6 Å². The first-order chi connectivity index (χ1) is 16.0. The van der Waals surface area contributed by atoms with Crippen LogP contribution in [0.15, 0.2) is 84.3 Å². The molecule has 4 N–H and O–H groups in total. The van der Waals surface area contributed by atoms with Crippen molar-refractivity contribution in [2.24, 2.45) is 0 Å². The zero-order valence-corrected chi connectivity index (χ0v) is 19.2. The Hall–Kier alpha value is -3.91. The fourth-order valence-corrected chi connectivity index (χ4v) is 3.91. The smallest absolute Gasteiger partial charge is 0.255 e. The molecule has 2 heterocycles. The zero-order chi connectivity index (χ0) is 23.2. The second-order valence-corrected chi connectivity index (χ2v) is 7.91. The fraction of sp³-hybridized carbons (Fsp3) is 0.160. The summed E-state index contributed by atoms with van der Waals surface area (Å²) in [5.41, 5.74) is 3.75. The molecule has 0 radical (unpaired) electrons. The molecular weight excluding hydrogens is 436 g/mol. The van der Waals surface area contributed by atoms with Crippen molar-refractivity contribution in [3.63, 3.8) is 0 Å². The zero-order valence-electron chi connectivity index (χ0n) is 18.3. The van der Waals surface area contributed by atoms with Crippen molar-refractivity contribution in [1.82, 2.24) is 10.6 Å². The summed E-state index contributed by atoms with van der Waals surface area (Å²) in [6, 6.07) is 18.7. The molecule has 1 atom stereocenters. The lowest BCUT2D eigenvalue weighted by atomic mass is 9.94. The van der Waals surface area contributed by atoms with E-state index < -0.39 is 6.04 Å². The summed E-state index contributed by atoms with van der Waals surface area (Å²) in [4.78, 5) is 16.2. The van der Waals surface area contributed by atoms with Gasteiger partial charge in [0, 0.05) is 11.8 Å². The van der Waals surface area contributed by atoms with Crippen LogP contribution in [0.25, 0.3) is 0 Å². The molecule has 1 aliphatic rings. The molecule has 8 heteroatoms. The maximum absolute atomic E-state index is 13.2. The Balaban J connectivity index is 1.64. The van der Waals surface area contributed by atoms with Crippen LogP contribution in [0, 0.1) is 0 Å². The Kier molecular flexibility index (Phi) is 6.85. The highest BCUT2D eigenvalue weighted by molar-refractivity contribution is 7.80. The topological polar surface area (TPSA) is 85.8 Å². The molecule has 4 rings (SSSR count). The van der Waals surface area contributed by atoms with E-state index in [1.54, 1.807) is 19.5 Å². The number of hydrogen-bond acceptors (Lipinski definition) is 4. The number of carbonyl (C=O) groups is 1. The number of aromatic amines is 1. The highest BCUT2D eigenvalue weighted by Gasteiger charge is 2.30. The van der Waals surface area contributed by atoms with Crippen LogP contribution >= 0.6 is 12.2 Å². The van der Waals surface area contributed by atoms with Crippen LogP contribution in [0.3, 0.4) is 0 Å². The molecule has 168 valence electrons. The number of thiocarbonyl (C=S) groups is 1. The number of allylic oxidation sites excluding steroid dienone is 1. The number of methoxy groups -OCH3 is 1. The lowest BCUT2D eigenvalue weighted by Gasteiger charge is -2.30. The molecule has 0 saturated heterocycles. The van der Waals surface area contributed by atoms with Gasteiger partial charge < -0.3 is 25.4 Å². The number of nitrogens with one attached hydrogen (secondary N) is 4. The molecule has 1 amide bonds. The number of aromatic nitrogens is 1. The quantitative estimate of drug-likeness (QED) is 0.467. The number of benzene rings is 2. The summed E-state index contributed by atoms with van der Waals surface area (Å²) >= 11 is 5.38. The maximum Gasteiger partial charge on any atom is 0.255 e. The predicted molar refractivity (Wildman–Crippen MR) is 130 cm³/mol. The number of amides is 1. The maximum atomic E-state index is 13.2. The van der Waals surface area contributed by atoms with Crippen LogP contribution in [0.2, 0.25) is 0 Å². The van der Waals surface area contributed by atoms with Gasteiger partial charge >= 0.3 is 0 Å². The Labute approximate surface area is 197 Å². The van der Waals surface area contributed by atoms with E-state index in [-0.39, 0.29) is 5.91 Å². The van der Waals surface area contributed by atoms with Crippen LogP contribution < -0.4 is 30.4 Å². The predicted octanol–water partition coefficient (Wildman–Crippen LogP) is 3.52. The van der Waals surface area contributed by atoms with Crippen LogP contribution in [0.1, 0.15) is 24.1 Å². The first-order valence-corrected chi connectivity index (χ1v) is 10.9. The van der Waals surface area contributed by atoms with Crippen molar-refractivity contribution in [2.45, 2.75) is 19.6 Å². The van der Waals surface area contributed by atoms with Crippen molar-refractivity contribution in [3.05, 3.63) is 95.5 Å². The molecule has 0 aliphatic carbocycles. The third-order valence-electron chi connectivity index (χ3n) is 5.24. The van der Waals surface area contributed by atoms with E-state index in [4.69, 9.17) is 21.7 Å². The molecule has 2 aromatic carbocycles. The molecule has 33 heavy (non-hydrogen) atoms. The Bertz CT molecular complexity index is 1180. The minimum absolute atomic E-state index is 0.234. The number of H-pyrrole nitrogens is 1. The highest BCUT2D eigenvalue weighted by Crippen LogP contribution is 2.35. The van der Waals surface area contributed by atoms with E-state index in [9.17, 15) is 4.79 Å². The van der Waals surface area contributed by atoms with E-state index in [0.29, 0.717) is 40.2 Å². The minimum Gasteiger partial charge on any atom is -0.493 e. The van der Waals surface area contributed by atoms with Gasteiger partial charge in [0.15, 0.2) is 29.0 Å². The number of rotatable bonds is 7. The van der Waals surface area contributed by atoms with E-state index >= 15 is 0 Å². The van der Waals surface area contributed by atoms with Gasteiger partial charge in [-0.15, -0.1) is 0 Å². The van der Waals surface area contributed by atoms with Gasteiger partial charge in [-0.3, -0.25) is 4.79 Å². The van der Waals surface area contributed by atoms with Gasteiger partial charge in [0.05, 0.1) is 18.7 Å². The van der Waals surface area contributed by atoms with Crippen LogP contribution in [0.4, 0.5) is 5.69 Å². The van der Waals surface area contributed by atoms with Gasteiger partial charge in [0.1, 0.15) is 12.3 Å². The lowest BCUT2D eigenvalue weighted by Crippen LogP contribution is -2.45. The summed E-state index contributed by atoms with van der Waals surface area (Å²) in [6.45, 7) is 2.23. The van der Waals surface area contributed by atoms with Crippen molar-refractivity contribution in [2.75, 3.05) is 12.4 Å². The van der Waals surface area contributed by atoms with E-state index in [0.717, 1.165) is 11.1 Å². The Morgan fingerprint density at radius 1 is 1.12 bits per heavy atom. The molecule has 0 saturated carbocycles. The van der Waals surface area contributed by atoms with Gasteiger partial charge in [-0.25, -0.2) is 4.98 Å². The standard InChI is InChI=1S/C25H24N4O3S/c1-16-22(24(30)28-19-9-6-12-26-14-19)23(29-25(33)27-16)18-10-11-20(31-2)21(13-18)32-15-17-7-4-3-5-8-17/h3-14,23H,15H2,1-2H3,(H,28,30)(H2,27,29,33)/p+1. The Morgan fingerprint density at radius 3 is 2.67 bits per heavy atom. The molecule has 0 fully saturated rings. The van der Waals surface area contributed by atoms with E-state index in [2.05, 4.69) is 20.9 Å². The molecule has 1 aliphatic heterocycles. The first kappa shape index (κ1) is 22.3. The summed E-state index contributed by atoms with van der Waals surface area (Å²) in [6.07, 6.45) is 3.50. The largest absolute Gasteiger partial charge is 0.493 e. The monoisotopic (exact) mass is 461 g/mol. The summed E-state index contributed by atoms with van der Waals surface area (Å²) in [7, 11) is 1.60. The van der Waals surface area contributed by atoms with Gasteiger partial charge in [-0.05, 0) is 48.5 Å². The minimum atomic E-state index is -0.462. The SMILES string of the molecule is COc1ccc(C2NC(=S)NC(C)=C2C(=O)Nc2ccc[nH+]c2)cc1OCc1ccccc1. The summed E-state index contributed by atoms with van der Waals surface area (Å²) in [5, 5.41) is 9.65. The molecular formula is C25H25N4O3S+. The number of carbonyl (C=O) groups excluding carboxylic acids is 1. The summed E-state index contributed by atoms with van der Waals surface area (Å²) in [5.74, 6) is 0.958. The molecule has 3 aromatic rings. The molecule has 0 bridgehead atoms. The number of ether oxygens (including phenoxy) is 2. The van der Waals surface area contributed by atoms with Crippen molar-refractivity contribution in [1.29, 1.82) is 0 Å². The second-order valence-electron chi connectivity index (χ2n) is 7.50. The number of pyridine rings is 1. The third-order valence-corrected chi connectivity index (χ3v) is 5.46. The Morgan fingerprint density at radius 2 is 1.94 bits per heavy atom. The average molecular weight is 462 g/mol. The van der Waals surface area contributed by atoms with Gasteiger partial charge in [0.25, 0.3) is 5.91 Å². The van der Waals surface area contributed by atoms with Crippen LogP contribution in [-0.2, 0) is 11.4 Å². The van der Waals surface area contributed by atoms with Crippen molar-refractivity contribution < 1.29 is 19.3 Å². The average Bonchev–Trinajstić information content (AvgIpc) is 2.83. The summed E-state index contributed by atoms with van der Waals surface area (Å²) < 4.78 is 11.6. The lowest BCUT2D eigenvalue weighted by molar-refractivity contribution is -0.377. The van der Waals surface area contributed by atoms with Gasteiger partial charge in [-0.2, -0.15) is 0 Å². The molecule has 0 spiro atoms. The third kappa shape index (κ3) is 5.30. The van der Waals surface area contributed by atoms with Gasteiger partial charge in [-0.1, -0.05) is 36.4 Å². The number of anilines is 1.